The SMILES string of the molecule is Cc1ccc(C(N)=O)c(C)c1. The molecule has 1 rings (SSSR count). The molecule has 58 valence electrons. The minimum absolute atomic E-state index is 0.359. The van der Waals surface area contributed by atoms with Crippen molar-refractivity contribution in [2.45, 2.75) is 13.8 Å². The van der Waals surface area contributed by atoms with Gasteiger partial charge < -0.3 is 5.73 Å². The molecule has 11 heavy (non-hydrogen) atoms. The van der Waals surface area contributed by atoms with Gasteiger partial charge in [-0.2, -0.15) is 0 Å². The highest BCUT2D eigenvalue weighted by molar-refractivity contribution is 5.94. The number of carbonyl (C=O) groups is 1. The average molecular weight is 149 g/mol. The first-order valence-electron chi connectivity index (χ1n) is 3.48. The lowest BCUT2D eigenvalue weighted by Crippen LogP contribution is -2.12. The fourth-order valence-corrected chi connectivity index (χ4v) is 1.09. The number of benzene rings is 1. The van der Waals surface area contributed by atoms with Crippen molar-refractivity contribution in [2.24, 2.45) is 5.73 Å². The Morgan fingerprint density at radius 1 is 1.36 bits per heavy atom. The minimum Gasteiger partial charge on any atom is -0.366 e. The van der Waals surface area contributed by atoms with Crippen LogP contribution in [0, 0.1) is 13.8 Å². The van der Waals surface area contributed by atoms with Crippen LogP contribution in [-0.4, -0.2) is 5.91 Å². The Morgan fingerprint density at radius 2 is 2.00 bits per heavy atom. The predicted octanol–water partition coefficient (Wildman–Crippen LogP) is 1.40. The lowest BCUT2D eigenvalue weighted by molar-refractivity contribution is 0.1000. The summed E-state index contributed by atoms with van der Waals surface area (Å²) in [4.78, 5) is 10.8. The zero-order valence-corrected chi connectivity index (χ0v) is 6.72. The largest absolute Gasteiger partial charge is 0.366 e. The van der Waals surface area contributed by atoms with E-state index in [-0.39, 0.29) is 5.91 Å². The van der Waals surface area contributed by atoms with Gasteiger partial charge in [0.15, 0.2) is 0 Å². The van der Waals surface area contributed by atoms with E-state index in [1.165, 1.54) is 0 Å². The van der Waals surface area contributed by atoms with Crippen LogP contribution in [0.4, 0.5) is 0 Å². The maximum Gasteiger partial charge on any atom is 0.248 e. The van der Waals surface area contributed by atoms with Gasteiger partial charge in [0.25, 0.3) is 0 Å². The third-order valence-corrected chi connectivity index (χ3v) is 1.65. The third kappa shape index (κ3) is 1.58. The van der Waals surface area contributed by atoms with E-state index in [0.29, 0.717) is 5.56 Å². The standard InChI is InChI=1S/C9H11NO/c1-6-3-4-8(9(10)11)7(2)5-6/h3-5H,1-2H3,(H2,10,11). The third-order valence-electron chi connectivity index (χ3n) is 1.65. The fraction of sp³-hybridized carbons (Fsp3) is 0.222. The van der Waals surface area contributed by atoms with E-state index >= 15 is 0 Å². The molecule has 0 aliphatic heterocycles. The van der Waals surface area contributed by atoms with E-state index in [4.69, 9.17) is 5.73 Å². The fourth-order valence-electron chi connectivity index (χ4n) is 1.09. The first-order valence-corrected chi connectivity index (χ1v) is 3.48. The number of rotatable bonds is 1. The molecule has 1 aromatic carbocycles. The molecule has 0 radical (unpaired) electrons. The summed E-state index contributed by atoms with van der Waals surface area (Å²) in [5.41, 5.74) is 7.82. The summed E-state index contributed by atoms with van der Waals surface area (Å²) in [7, 11) is 0. The Balaban J connectivity index is 3.20. The summed E-state index contributed by atoms with van der Waals surface area (Å²) in [6.45, 7) is 3.87. The smallest absolute Gasteiger partial charge is 0.248 e. The highest BCUT2D eigenvalue weighted by Crippen LogP contribution is 2.08. The minimum atomic E-state index is -0.359. The molecule has 0 atom stereocenters. The summed E-state index contributed by atoms with van der Waals surface area (Å²) in [5, 5.41) is 0. The van der Waals surface area contributed by atoms with Gasteiger partial charge in [-0.15, -0.1) is 0 Å². The zero-order valence-electron chi connectivity index (χ0n) is 6.72. The number of hydrogen-bond donors (Lipinski definition) is 1. The lowest BCUT2D eigenvalue weighted by atomic mass is 10.1. The van der Waals surface area contributed by atoms with Gasteiger partial charge in [-0.05, 0) is 25.5 Å². The number of primary amides is 1. The van der Waals surface area contributed by atoms with Gasteiger partial charge in [-0.3, -0.25) is 4.79 Å². The topological polar surface area (TPSA) is 43.1 Å². The van der Waals surface area contributed by atoms with Gasteiger partial charge in [0.1, 0.15) is 0 Å². The monoisotopic (exact) mass is 149 g/mol. The van der Waals surface area contributed by atoms with Gasteiger partial charge >= 0.3 is 0 Å². The summed E-state index contributed by atoms with van der Waals surface area (Å²) in [5.74, 6) is -0.359. The van der Waals surface area contributed by atoms with Crippen LogP contribution in [0.3, 0.4) is 0 Å². The highest BCUT2D eigenvalue weighted by atomic mass is 16.1. The van der Waals surface area contributed by atoms with E-state index in [1.54, 1.807) is 6.07 Å². The molecule has 0 spiro atoms. The number of nitrogens with two attached hydrogens (primary N) is 1. The van der Waals surface area contributed by atoms with Crippen molar-refractivity contribution in [3.63, 3.8) is 0 Å². The molecule has 2 N–H and O–H groups in total. The van der Waals surface area contributed by atoms with E-state index in [0.717, 1.165) is 11.1 Å². The molecule has 0 fully saturated rings. The molecular weight excluding hydrogens is 138 g/mol. The first-order chi connectivity index (χ1) is 5.11. The quantitative estimate of drug-likeness (QED) is 0.644. The Bertz CT molecular complexity index is 292. The second-order valence-electron chi connectivity index (χ2n) is 2.68. The number of carbonyl (C=O) groups excluding carboxylic acids is 1. The van der Waals surface area contributed by atoms with Crippen LogP contribution in [0.5, 0.6) is 0 Å². The normalized spacial score (nSPS) is 9.64. The summed E-state index contributed by atoms with van der Waals surface area (Å²) >= 11 is 0. The van der Waals surface area contributed by atoms with Crippen LogP contribution < -0.4 is 5.73 Å². The molecule has 0 aliphatic carbocycles. The Morgan fingerprint density at radius 3 is 2.45 bits per heavy atom. The maximum atomic E-state index is 10.8. The molecule has 0 saturated carbocycles. The van der Waals surface area contributed by atoms with Gasteiger partial charge in [0, 0.05) is 5.56 Å². The maximum absolute atomic E-state index is 10.8. The van der Waals surface area contributed by atoms with Gasteiger partial charge in [-0.25, -0.2) is 0 Å². The van der Waals surface area contributed by atoms with Crippen molar-refractivity contribution in [3.05, 3.63) is 34.9 Å². The molecule has 2 heteroatoms. The van der Waals surface area contributed by atoms with Gasteiger partial charge in [0.2, 0.25) is 5.91 Å². The van der Waals surface area contributed by atoms with Crippen molar-refractivity contribution in [2.75, 3.05) is 0 Å². The Kier molecular flexibility index (Phi) is 1.94. The van der Waals surface area contributed by atoms with E-state index in [1.807, 2.05) is 26.0 Å². The predicted molar refractivity (Wildman–Crippen MR) is 44.4 cm³/mol. The molecule has 1 amide bonds. The molecule has 0 heterocycles. The van der Waals surface area contributed by atoms with Crippen LogP contribution in [0.1, 0.15) is 21.5 Å². The Labute approximate surface area is 66.0 Å². The van der Waals surface area contributed by atoms with Crippen molar-refractivity contribution < 1.29 is 4.79 Å². The molecule has 0 saturated heterocycles. The van der Waals surface area contributed by atoms with E-state index in [2.05, 4.69) is 0 Å². The Hall–Kier alpha value is -1.31. The molecule has 0 bridgehead atoms. The number of amides is 1. The van der Waals surface area contributed by atoms with Crippen LogP contribution in [0.2, 0.25) is 0 Å². The van der Waals surface area contributed by atoms with Crippen LogP contribution in [0.25, 0.3) is 0 Å². The number of aryl methyl sites for hydroxylation is 2. The lowest BCUT2D eigenvalue weighted by Gasteiger charge is -2.01. The van der Waals surface area contributed by atoms with Gasteiger partial charge in [0.05, 0.1) is 0 Å². The molecule has 0 aliphatic rings. The molecule has 1 aromatic rings. The van der Waals surface area contributed by atoms with Crippen molar-refractivity contribution in [1.29, 1.82) is 0 Å². The van der Waals surface area contributed by atoms with Crippen LogP contribution in [0.15, 0.2) is 18.2 Å². The summed E-state index contributed by atoms with van der Waals surface area (Å²) < 4.78 is 0. The van der Waals surface area contributed by atoms with Gasteiger partial charge in [-0.1, -0.05) is 17.7 Å². The van der Waals surface area contributed by atoms with E-state index < -0.39 is 0 Å². The van der Waals surface area contributed by atoms with Crippen molar-refractivity contribution >= 4 is 5.91 Å². The van der Waals surface area contributed by atoms with Crippen molar-refractivity contribution in [1.82, 2.24) is 0 Å². The second-order valence-corrected chi connectivity index (χ2v) is 2.68. The number of hydrogen-bond acceptors (Lipinski definition) is 1. The molecular formula is C9H11NO. The second kappa shape index (κ2) is 2.74. The van der Waals surface area contributed by atoms with E-state index in [9.17, 15) is 4.79 Å². The van der Waals surface area contributed by atoms with Crippen molar-refractivity contribution in [3.8, 4) is 0 Å². The highest BCUT2D eigenvalue weighted by Gasteiger charge is 2.02. The molecule has 0 unspecified atom stereocenters. The molecule has 0 aromatic heterocycles. The average Bonchev–Trinajstić information content (AvgIpc) is 1.85. The zero-order chi connectivity index (χ0) is 8.43. The summed E-state index contributed by atoms with van der Waals surface area (Å²) in [6, 6.07) is 5.58. The van der Waals surface area contributed by atoms with Crippen LogP contribution in [-0.2, 0) is 0 Å². The summed E-state index contributed by atoms with van der Waals surface area (Å²) in [6.07, 6.45) is 0. The molecule has 2 nitrogen and oxygen atoms in total. The first kappa shape index (κ1) is 7.79. The van der Waals surface area contributed by atoms with Crippen LogP contribution >= 0.6 is 0 Å².